The van der Waals surface area contributed by atoms with Gasteiger partial charge in [-0.2, -0.15) is 0 Å². The molecule has 0 spiro atoms. The van der Waals surface area contributed by atoms with Gasteiger partial charge < -0.3 is 9.64 Å². The summed E-state index contributed by atoms with van der Waals surface area (Å²) in [6.07, 6.45) is 1.55. The average molecular weight is 299 g/mol. The molecule has 0 amide bonds. The van der Waals surface area contributed by atoms with Crippen LogP contribution in [0.1, 0.15) is 54.9 Å². The molecule has 0 bridgehead atoms. The van der Waals surface area contributed by atoms with E-state index in [1.54, 1.807) is 0 Å². The van der Waals surface area contributed by atoms with Crippen LogP contribution >= 0.6 is 0 Å². The van der Waals surface area contributed by atoms with Crippen LogP contribution in [0.3, 0.4) is 0 Å². The fourth-order valence-corrected chi connectivity index (χ4v) is 3.45. The van der Waals surface area contributed by atoms with Crippen molar-refractivity contribution in [2.45, 2.75) is 61.0 Å². The molecule has 1 aliphatic heterocycles. The van der Waals surface area contributed by atoms with Crippen molar-refractivity contribution in [2.24, 2.45) is 10.8 Å². The lowest BCUT2D eigenvalue weighted by Crippen LogP contribution is -2.47. The molecule has 0 aromatic heterocycles. The van der Waals surface area contributed by atoms with Gasteiger partial charge in [-0.1, -0.05) is 48.5 Å². The molecule has 1 atom stereocenters. The van der Waals surface area contributed by atoms with Crippen molar-refractivity contribution in [1.82, 2.24) is 9.80 Å². The van der Waals surface area contributed by atoms with E-state index in [2.05, 4.69) is 58.3 Å². The molecule has 1 saturated heterocycles. The fraction of sp³-hybridized carbons (Fsp3) is 1.00. The first-order chi connectivity index (χ1) is 9.65. The number of ether oxygens (including phenoxy) is 1. The molecule has 21 heavy (non-hydrogen) atoms. The molecule has 0 aromatic rings. The van der Waals surface area contributed by atoms with E-state index in [1.165, 1.54) is 13.1 Å². The monoisotopic (exact) mass is 298 g/mol. The number of hydrogen-bond donors (Lipinski definition) is 0. The Balaban J connectivity index is 2.49. The minimum atomic E-state index is 0.321. The van der Waals surface area contributed by atoms with E-state index in [9.17, 15) is 0 Å². The van der Waals surface area contributed by atoms with Gasteiger partial charge in [0.25, 0.3) is 0 Å². The Morgan fingerprint density at radius 1 is 1.10 bits per heavy atom. The number of nitrogens with zero attached hydrogens (tertiary/aromatic N) is 2. The van der Waals surface area contributed by atoms with Gasteiger partial charge >= 0.3 is 0 Å². The predicted octanol–water partition coefficient (Wildman–Crippen LogP) is 3.49. The van der Waals surface area contributed by atoms with Crippen molar-refractivity contribution in [3.05, 3.63) is 0 Å². The second-order valence-corrected chi connectivity index (χ2v) is 8.62. The predicted molar refractivity (Wildman–Crippen MR) is 91.8 cm³/mol. The van der Waals surface area contributed by atoms with Crippen LogP contribution in [0.25, 0.3) is 0 Å². The van der Waals surface area contributed by atoms with Crippen molar-refractivity contribution in [2.75, 3.05) is 45.9 Å². The Labute approximate surface area is 133 Å². The summed E-state index contributed by atoms with van der Waals surface area (Å²) in [4.78, 5) is 5.11. The van der Waals surface area contributed by atoms with Gasteiger partial charge in [0, 0.05) is 26.2 Å². The lowest BCUT2D eigenvalue weighted by Gasteiger charge is -2.40. The molecular weight excluding hydrogens is 260 g/mol. The Morgan fingerprint density at radius 3 is 2.24 bits per heavy atom. The summed E-state index contributed by atoms with van der Waals surface area (Å²) < 4.78 is 6.05. The van der Waals surface area contributed by atoms with Crippen LogP contribution in [0.15, 0.2) is 0 Å². The van der Waals surface area contributed by atoms with Gasteiger partial charge in [0.15, 0.2) is 0 Å². The van der Waals surface area contributed by atoms with Crippen molar-refractivity contribution < 1.29 is 4.74 Å². The molecule has 0 N–H and O–H groups in total. The molecule has 0 aromatic carbocycles. The normalized spacial score (nSPS) is 22.0. The number of morpholine rings is 1. The zero-order valence-corrected chi connectivity index (χ0v) is 15.5. The first-order valence-corrected chi connectivity index (χ1v) is 8.71. The third-order valence-electron chi connectivity index (χ3n) is 4.25. The van der Waals surface area contributed by atoms with Gasteiger partial charge in [-0.25, -0.2) is 0 Å². The van der Waals surface area contributed by atoms with Crippen LogP contribution in [0, 0.1) is 10.8 Å². The lowest BCUT2D eigenvalue weighted by molar-refractivity contribution is -0.0573. The molecule has 0 radical (unpaired) electrons. The molecule has 1 unspecified atom stereocenters. The third-order valence-corrected chi connectivity index (χ3v) is 4.25. The fourth-order valence-electron chi connectivity index (χ4n) is 3.45. The largest absolute Gasteiger partial charge is 0.376 e. The zero-order chi connectivity index (χ0) is 16.1. The first-order valence-electron chi connectivity index (χ1n) is 8.71. The topological polar surface area (TPSA) is 15.7 Å². The summed E-state index contributed by atoms with van der Waals surface area (Å²) in [7, 11) is 0. The molecule has 1 rings (SSSR count). The van der Waals surface area contributed by atoms with Crippen LogP contribution in [0.4, 0.5) is 0 Å². The first kappa shape index (κ1) is 18.9. The molecule has 0 saturated carbocycles. The van der Waals surface area contributed by atoms with Crippen LogP contribution in [0.5, 0.6) is 0 Å². The summed E-state index contributed by atoms with van der Waals surface area (Å²) in [5, 5.41) is 0. The van der Waals surface area contributed by atoms with E-state index in [0.29, 0.717) is 16.9 Å². The van der Waals surface area contributed by atoms with E-state index < -0.39 is 0 Å². The molecule has 0 aliphatic carbocycles. The average Bonchev–Trinajstić information content (AvgIpc) is 2.33. The molecule has 1 aliphatic rings. The van der Waals surface area contributed by atoms with E-state index in [4.69, 9.17) is 4.74 Å². The highest BCUT2D eigenvalue weighted by Crippen LogP contribution is 2.27. The highest BCUT2D eigenvalue weighted by molar-refractivity contribution is 4.82. The SMILES string of the molecule is CCN(CC)CC(C)(C)CC1CN(CC(C)(C)C)CCO1. The minimum absolute atomic E-state index is 0.321. The maximum absolute atomic E-state index is 6.05. The Morgan fingerprint density at radius 2 is 1.71 bits per heavy atom. The highest BCUT2D eigenvalue weighted by Gasteiger charge is 2.30. The van der Waals surface area contributed by atoms with Gasteiger partial charge in [-0.05, 0) is 30.3 Å². The molecule has 3 heteroatoms. The van der Waals surface area contributed by atoms with E-state index in [1.807, 2.05) is 0 Å². The van der Waals surface area contributed by atoms with Crippen LogP contribution in [-0.4, -0.2) is 61.8 Å². The molecule has 3 nitrogen and oxygen atoms in total. The third kappa shape index (κ3) is 7.62. The standard InChI is InChI=1S/C18H38N2O/c1-8-19(9-2)15-18(6,7)12-16-13-20(10-11-21-16)14-17(3,4)5/h16H,8-15H2,1-7H3. The Kier molecular flexibility index (Phi) is 7.15. The second kappa shape index (κ2) is 7.94. The Hall–Kier alpha value is -0.120. The summed E-state index contributed by atoms with van der Waals surface area (Å²) >= 11 is 0. The highest BCUT2D eigenvalue weighted by atomic mass is 16.5. The zero-order valence-electron chi connectivity index (χ0n) is 15.5. The summed E-state index contributed by atoms with van der Waals surface area (Å²) in [5.41, 5.74) is 0.695. The van der Waals surface area contributed by atoms with Gasteiger partial charge in [0.05, 0.1) is 12.7 Å². The second-order valence-electron chi connectivity index (χ2n) is 8.62. The molecular formula is C18H38N2O. The van der Waals surface area contributed by atoms with E-state index in [0.717, 1.165) is 39.2 Å². The molecule has 126 valence electrons. The number of rotatable bonds is 7. The van der Waals surface area contributed by atoms with Gasteiger partial charge in [-0.3, -0.25) is 4.90 Å². The maximum atomic E-state index is 6.05. The van der Waals surface area contributed by atoms with Crippen LogP contribution in [-0.2, 0) is 4.74 Å². The summed E-state index contributed by atoms with van der Waals surface area (Å²) in [6, 6.07) is 0. The lowest BCUT2D eigenvalue weighted by atomic mass is 9.85. The quantitative estimate of drug-likeness (QED) is 0.715. The van der Waals surface area contributed by atoms with Crippen LogP contribution in [0.2, 0.25) is 0 Å². The maximum Gasteiger partial charge on any atom is 0.0708 e. The molecule has 1 fully saturated rings. The van der Waals surface area contributed by atoms with Crippen molar-refractivity contribution in [3.63, 3.8) is 0 Å². The van der Waals surface area contributed by atoms with Gasteiger partial charge in [-0.15, -0.1) is 0 Å². The minimum Gasteiger partial charge on any atom is -0.376 e. The van der Waals surface area contributed by atoms with Crippen molar-refractivity contribution in [3.8, 4) is 0 Å². The van der Waals surface area contributed by atoms with E-state index in [-0.39, 0.29) is 0 Å². The van der Waals surface area contributed by atoms with Crippen LogP contribution < -0.4 is 0 Å². The smallest absolute Gasteiger partial charge is 0.0708 e. The van der Waals surface area contributed by atoms with Crippen molar-refractivity contribution >= 4 is 0 Å². The number of hydrogen-bond acceptors (Lipinski definition) is 3. The van der Waals surface area contributed by atoms with Gasteiger partial charge in [0.1, 0.15) is 0 Å². The summed E-state index contributed by atoms with van der Waals surface area (Å²) in [6.45, 7) is 23.9. The van der Waals surface area contributed by atoms with Crippen molar-refractivity contribution in [1.29, 1.82) is 0 Å². The molecule has 1 heterocycles. The van der Waals surface area contributed by atoms with E-state index >= 15 is 0 Å². The van der Waals surface area contributed by atoms with Gasteiger partial charge in [0.2, 0.25) is 0 Å². The summed E-state index contributed by atoms with van der Waals surface area (Å²) in [5.74, 6) is 0. The Bertz CT molecular complexity index is 292.